The van der Waals surface area contributed by atoms with E-state index < -0.39 is 12.1 Å². The van der Waals surface area contributed by atoms with E-state index in [1.165, 1.54) is 22.9 Å². The standard InChI is InChI=1S/C18H17NO4/c1-4-11-22-16-8-6-5-7-15(16)13(2)23-18(21)14-9-10-19(3)17(20)12-14/h1,5-10,12-13H,11H2,2-3H3/t13-/m0/s1. The van der Waals surface area contributed by atoms with Gasteiger partial charge in [0.1, 0.15) is 18.5 Å². The molecule has 1 heterocycles. The molecular formula is C18H17NO4. The fraction of sp³-hybridized carbons (Fsp3) is 0.222. The van der Waals surface area contributed by atoms with Gasteiger partial charge in [-0.2, -0.15) is 0 Å². The Morgan fingerprint density at radius 2 is 2.09 bits per heavy atom. The molecule has 1 aromatic carbocycles. The summed E-state index contributed by atoms with van der Waals surface area (Å²) >= 11 is 0. The van der Waals surface area contributed by atoms with Crippen molar-refractivity contribution in [3.63, 3.8) is 0 Å². The smallest absolute Gasteiger partial charge is 0.338 e. The zero-order valence-corrected chi connectivity index (χ0v) is 13.0. The lowest BCUT2D eigenvalue weighted by molar-refractivity contribution is 0.0332. The first kappa shape index (κ1) is 16.4. The number of terminal acetylenes is 1. The highest BCUT2D eigenvalue weighted by molar-refractivity contribution is 5.89. The van der Waals surface area contributed by atoms with Crippen molar-refractivity contribution in [1.29, 1.82) is 0 Å². The average Bonchev–Trinajstić information content (AvgIpc) is 2.55. The Morgan fingerprint density at radius 3 is 2.78 bits per heavy atom. The second kappa shape index (κ2) is 7.32. The van der Waals surface area contributed by atoms with Crippen molar-refractivity contribution in [2.24, 2.45) is 7.05 Å². The SMILES string of the molecule is C#CCOc1ccccc1[C@H](C)OC(=O)c1ccn(C)c(=O)c1. The van der Waals surface area contributed by atoms with Gasteiger partial charge in [0.2, 0.25) is 0 Å². The van der Waals surface area contributed by atoms with Crippen LogP contribution in [0.15, 0.2) is 47.4 Å². The van der Waals surface area contributed by atoms with Crippen LogP contribution in [0.25, 0.3) is 0 Å². The summed E-state index contributed by atoms with van der Waals surface area (Å²) in [5.74, 6) is 2.39. The van der Waals surface area contributed by atoms with Gasteiger partial charge in [0.15, 0.2) is 0 Å². The number of pyridine rings is 1. The van der Waals surface area contributed by atoms with E-state index >= 15 is 0 Å². The molecule has 0 radical (unpaired) electrons. The third-order valence-electron chi connectivity index (χ3n) is 3.29. The fourth-order valence-electron chi connectivity index (χ4n) is 2.03. The Hall–Kier alpha value is -3.00. The Bertz CT molecular complexity index is 801. The van der Waals surface area contributed by atoms with Crippen LogP contribution in [0.5, 0.6) is 5.75 Å². The molecule has 5 nitrogen and oxygen atoms in total. The molecule has 2 aromatic rings. The highest BCUT2D eigenvalue weighted by Gasteiger charge is 2.17. The Labute approximate surface area is 134 Å². The molecule has 0 fully saturated rings. The predicted octanol–water partition coefficient (Wildman–Crippen LogP) is 2.32. The summed E-state index contributed by atoms with van der Waals surface area (Å²) in [6, 6.07) is 9.97. The van der Waals surface area contributed by atoms with Crippen LogP contribution < -0.4 is 10.3 Å². The molecule has 0 amide bonds. The molecule has 0 aliphatic heterocycles. The molecule has 0 unspecified atom stereocenters. The summed E-state index contributed by atoms with van der Waals surface area (Å²) in [5, 5.41) is 0. The van der Waals surface area contributed by atoms with E-state index in [0.29, 0.717) is 11.3 Å². The number of aryl methyl sites for hydroxylation is 1. The second-order valence-corrected chi connectivity index (χ2v) is 4.94. The number of aromatic nitrogens is 1. The molecule has 23 heavy (non-hydrogen) atoms. The van der Waals surface area contributed by atoms with Gasteiger partial charge in [-0.1, -0.05) is 24.1 Å². The summed E-state index contributed by atoms with van der Waals surface area (Å²) < 4.78 is 12.2. The maximum Gasteiger partial charge on any atom is 0.338 e. The van der Waals surface area contributed by atoms with E-state index in [0.717, 1.165) is 0 Å². The molecule has 0 saturated carbocycles. The minimum absolute atomic E-state index is 0.131. The number of carbonyl (C=O) groups excluding carboxylic acids is 1. The van der Waals surface area contributed by atoms with Crippen molar-refractivity contribution in [2.75, 3.05) is 6.61 Å². The van der Waals surface area contributed by atoms with Gasteiger partial charge in [0.05, 0.1) is 5.56 Å². The number of carbonyl (C=O) groups is 1. The highest BCUT2D eigenvalue weighted by Crippen LogP contribution is 2.27. The van der Waals surface area contributed by atoms with E-state index in [1.807, 2.05) is 12.1 Å². The van der Waals surface area contributed by atoms with Gasteiger partial charge in [0.25, 0.3) is 5.56 Å². The zero-order valence-electron chi connectivity index (χ0n) is 13.0. The summed E-state index contributed by atoms with van der Waals surface area (Å²) in [4.78, 5) is 23.8. The monoisotopic (exact) mass is 311 g/mol. The molecule has 0 spiro atoms. The van der Waals surface area contributed by atoms with E-state index in [-0.39, 0.29) is 17.7 Å². The normalized spacial score (nSPS) is 11.3. The quantitative estimate of drug-likeness (QED) is 0.628. The van der Waals surface area contributed by atoms with Crippen LogP contribution in [0.2, 0.25) is 0 Å². The Kier molecular flexibility index (Phi) is 5.21. The third-order valence-corrected chi connectivity index (χ3v) is 3.29. The summed E-state index contributed by atoms with van der Waals surface area (Å²) in [5.41, 5.74) is 0.645. The molecule has 0 saturated heterocycles. The minimum Gasteiger partial charge on any atom is -0.481 e. The summed E-state index contributed by atoms with van der Waals surface area (Å²) in [7, 11) is 1.61. The van der Waals surface area contributed by atoms with Crippen molar-refractivity contribution in [1.82, 2.24) is 4.57 Å². The molecule has 118 valence electrons. The van der Waals surface area contributed by atoms with E-state index in [1.54, 1.807) is 26.1 Å². The number of esters is 1. The Morgan fingerprint density at radius 1 is 1.35 bits per heavy atom. The molecule has 0 aliphatic rings. The molecule has 1 aromatic heterocycles. The molecule has 0 bridgehead atoms. The number of rotatable bonds is 5. The van der Waals surface area contributed by atoms with Gasteiger partial charge in [-0.05, 0) is 19.1 Å². The van der Waals surface area contributed by atoms with Gasteiger partial charge in [-0.3, -0.25) is 4.79 Å². The summed E-state index contributed by atoms with van der Waals surface area (Å²) in [6.07, 6.45) is 6.17. The van der Waals surface area contributed by atoms with Crippen LogP contribution in [-0.2, 0) is 11.8 Å². The Balaban J connectivity index is 2.17. The van der Waals surface area contributed by atoms with Crippen LogP contribution in [0, 0.1) is 12.3 Å². The van der Waals surface area contributed by atoms with Gasteiger partial charge in [-0.15, -0.1) is 6.42 Å². The molecule has 5 heteroatoms. The van der Waals surface area contributed by atoms with Crippen molar-refractivity contribution in [2.45, 2.75) is 13.0 Å². The van der Waals surface area contributed by atoms with Crippen molar-refractivity contribution < 1.29 is 14.3 Å². The number of benzene rings is 1. The fourth-order valence-corrected chi connectivity index (χ4v) is 2.03. The van der Waals surface area contributed by atoms with Gasteiger partial charge < -0.3 is 14.0 Å². The number of ether oxygens (including phenoxy) is 2. The molecule has 1 atom stereocenters. The topological polar surface area (TPSA) is 57.5 Å². The maximum atomic E-state index is 12.2. The first-order valence-electron chi connectivity index (χ1n) is 7.05. The third kappa shape index (κ3) is 4.01. The number of para-hydroxylation sites is 1. The summed E-state index contributed by atoms with van der Waals surface area (Å²) in [6.45, 7) is 1.86. The predicted molar refractivity (Wildman–Crippen MR) is 86.3 cm³/mol. The molecule has 0 aliphatic carbocycles. The number of hydrogen-bond acceptors (Lipinski definition) is 4. The van der Waals surface area contributed by atoms with E-state index in [4.69, 9.17) is 15.9 Å². The lowest BCUT2D eigenvalue weighted by Gasteiger charge is -2.17. The van der Waals surface area contributed by atoms with Crippen LogP contribution in [0.1, 0.15) is 28.9 Å². The van der Waals surface area contributed by atoms with Crippen molar-refractivity contribution in [3.05, 3.63) is 64.1 Å². The molecular weight excluding hydrogens is 294 g/mol. The van der Waals surface area contributed by atoms with Crippen LogP contribution in [0.3, 0.4) is 0 Å². The van der Waals surface area contributed by atoms with Gasteiger partial charge >= 0.3 is 5.97 Å². The second-order valence-electron chi connectivity index (χ2n) is 4.94. The van der Waals surface area contributed by atoms with E-state index in [9.17, 15) is 9.59 Å². The average molecular weight is 311 g/mol. The largest absolute Gasteiger partial charge is 0.481 e. The van der Waals surface area contributed by atoms with Gasteiger partial charge in [-0.25, -0.2) is 4.79 Å². The first-order chi connectivity index (χ1) is 11.0. The lowest BCUT2D eigenvalue weighted by atomic mass is 10.1. The van der Waals surface area contributed by atoms with Gasteiger partial charge in [0, 0.05) is 24.9 Å². The first-order valence-corrected chi connectivity index (χ1v) is 7.05. The maximum absolute atomic E-state index is 12.2. The van der Waals surface area contributed by atoms with Crippen LogP contribution in [0.4, 0.5) is 0 Å². The van der Waals surface area contributed by atoms with Crippen LogP contribution in [-0.4, -0.2) is 17.1 Å². The number of hydrogen-bond donors (Lipinski definition) is 0. The number of nitrogens with zero attached hydrogens (tertiary/aromatic N) is 1. The van der Waals surface area contributed by atoms with Crippen molar-refractivity contribution in [3.8, 4) is 18.1 Å². The van der Waals surface area contributed by atoms with Crippen LogP contribution >= 0.6 is 0 Å². The lowest BCUT2D eigenvalue weighted by Crippen LogP contribution is -2.18. The van der Waals surface area contributed by atoms with Crippen molar-refractivity contribution >= 4 is 5.97 Å². The minimum atomic E-state index is -0.568. The molecule has 0 N–H and O–H groups in total. The van der Waals surface area contributed by atoms with E-state index in [2.05, 4.69) is 5.92 Å². The highest BCUT2D eigenvalue weighted by atomic mass is 16.5. The zero-order chi connectivity index (χ0) is 16.8. The molecule has 2 rings (SSSR count).